The number of amides is 3. The third kappa shape index (κ3) is 3.12. The number of carbonyl (C=O) groups is 2. The van der Waals surface area contributed by atoms with E-state index in [0.717, 1.165) is 60.8 Å². The van der Waals surface area contributed by atoms with Crippen molar-refractivity contribution in [3.8, 4) is 0 Å². The molecule has 6 heteroatoms. The molecule has 0 radical (unpaired) electrons. The average Bonchev–Trinajstić information content (AvgIpc) is 3.13. The topological polar surface area (TPSA) is 65.8 Å². The quantitative estimate of drug-likeness (QED) is 0.817. The number of nitrogens with zero attached hydrogens (tertiary/aromatic N) is 2. The number of rotatable bonds is 5. The fourth-order valence-corrected chi connectivity index (χ4v) is 4.47. The zero-order valence-corrected chi connectivity index (χ0v) is 16.1. The maximum Gasteiger partial charge on any atom is 0.326 e. The van der Waals surface area contributed by atoms with Crippen LogP contribution in [0.2, 0.25) is 0 Å². The second-order valence-electron chi connectivity index (χ2n) is 7.82. The van der Waals surface area contributed by atoms with Crippen molar-refractivity contribution < 1.29 is 14.0 Å². The summed E-state index contributed by atoms with van der Waals surface area (Å²) in [7, 11) is 1.94. The van der Waals surface area contributed by atoms with Gasteiger partial charge in [-0.25, -0.2) is 9.69 Å². The lowest BCUT2D eigenvalue weighted by molar-refractivity contribution is -0.133. The van der Waals surface area contributed by atoms with Crippen LogP contribution in [0.15, 0.2) is 28.7 Å². The Balaban J connectivity index is 1.51. The van der Waals surface area contributed by atoms with E-state index in [0.29, 0.717) is 6.54 Å². The SMILES string of the molecule is CCc1oc2ccccc2c1CN(C)CN1C(=O)NC2(CCCCC2)C1=O. The van der Waals surface area contributed by atoms with Crippen molar-refractivity contribution in [2.45, 2.75) is 57.5 Å². The number of urea groups is 1. The predicted octanol–water partition coefficient (Wildman–Crippen LogP) is 3.64. The summed E-state index contributed by atoms with van der Waals surface area (Å²) in [5.74, 6) is 0.899. The van der Waals surface area contributed by atoms with E-state index in [9.17, 15) is 9.59 Å². The Bertz CT molecular complexity index is 867. The normalized spacial score (nSPS) is 19.4. The van der Waals surface area contributed by atoms with Crippen LogP contribution in [0, 0.1) is 0 Å². The summed E-state index contributed by atoms with van der Waals surface area (Å²) in [6, 6.07) is 7.75. The Labute approximate surface area is 159 Å². The summed E-state index contributed by atoms with van der Waals surface area (Å²) in [5.41, 5.74) is 1.36. The number of fused-ring (bicyclic) bond motifs is 1. The van der Waals surface area contributed by atoms with Crippen LogP contribution in [-0.4, -0.2) is 41.0 Å². The number of para-hydroxylation sites is 1. The monoisotopic (exact) mass is 369 g/mol. The van der Waals surface area contributed by atoms with Gasteiger partial charge in [0.15, 0.2) is 0 Å². The number of nitrogens with one attached hydrogen (secondary N) is 1. The van der Waals surface area contributed by atoms with Gasteiger partial charge in [-0.1, -0.05) is 44.4 Å². The first-order valence-electron chi connectivity index (χ1n) is 9.86. The highest BCUT2D eigenvalue weighted by atomic mass is 16.3. The Hall–Kier alpha value is -2.34. The third-order valence-electron chi connectivity index (χ3n) is 5.87. The minimum Gasteiger partial charge on any atom is -0.461 e. The second kappa shape index (κ2) is 7.00. The van der Waals surface area contributed by atoms with Gasteiger partial charge in [0.1, 0.15) is 16.9 Å². The molecule has 144 valence electrons. The van der Waals surface area contributed by atoms with Crippen LogP contribution in [0.5, 0.6) is 0 Å². The number of hydrogen-bond acceptors (Lipinski definition) is 4. The van der Waals surface area contributed by atoms with Crippen molar-refractivity contribution in [2.75, 3.05) is 13.7 Å². The van der Waals surface area contributed by atoms with Gasteiger partial charge in [0.2, 0.25) is 0 Å². The maximum atomic E-state index is 13.0. The third-order valence-corrected chi connectivity index (χ3v) is 5.87. The molecule has 0 atom stereocenters. The smallest absolute Gasteiger partial charge is 0.326 e. The highest BCUT2D eigenvalue weighted by Gasteiger charge is 2.51. The number of furan rings is 1. The molecule has 2 aromatic rings. The van der Waals surface area contributed by atoms with Crippen molar-refractivity contribution in [1.82, 2.24) is 15.1 Å². The Morgan fingerprint density at radius 2 is 1.93 bits per heavy atom. The number of benzene rings is 1. The number of aryl methyl sites for hydroxylation is 1. The van der Waals surface area contributed by atoms with Gasteiger partial charge in [0.05, 0.1) is 6.67 Å². The minimum atomic E-state index is -0.660. The molecule has 3 amide bonds. The van der Waals surface area contributed by atoms with E-state index in [1.165, 1.54) is 4.90 Å². The van der Waals surface area contributed by atoms with Crippen molar-refractivity contribution in [3.05, 3.63) is 35.6 Å². The summed E-state index contributed by atoms with van der Waals surface area (Å²) < 4.78 is 5.96. The number of imide groups is 1. The highest BCUT2D eigenvalue weighted by molar-refractivity contribution is 6.07. The first-order valence-corrected chi connectivity index (χ1v) is 9.86. The largest absolute Gasteiger partial charge is 0.461 e. The van der Waals surface area contributed by atoms with E-state index in [-0.39, 0.29) is 18.6 Å². The average molecular weight is 369 g/mol. The molecule has 4 rings (SSSR count). The highest BCUT2D eigenvalue weighted by Crippen LogP contribution is 2.34. The first-order chi connectivity index (χ1) is 13.0. The van der Waals surface area contributed by atoms with Gasteiger partial charge in [-0.05, 0) is 26.0 Å². The Morgan fingerprint density at radius 3 is 2.67 bits per heavy atom. The lowest BCUT2D eigenvalue weighted by Crippen LogP contribution is -2.48. The molecular formula is C21H27N3O3. The zero-order valence-electron chi connectivity index (χ0n) is 16.1. The second-order valence-corrected chi connectivity index (χ2v) is 7.82. The van der Waals surface area contributed by atoms with Gasteiger partial charge in [-0.2, -0.15) is 0 Å². The van der Waals surface area contributed by atoms with Crippen LogP contribution in [0.4, 0.5) is 4.79 Å². The minimum absolute atomic E-state index is 0.0631. The summed E-state index contributed by atoms with van der Waals surface area (Å²) >= 11 is 0. The molecule has 6 nitrogen and oxygen atoms in total. The van der Waals surface area contributed by atoms with E-state index < -0.39 is 5.54 Å². The van der Waals surface area contributed by atoms with E-state index in [1.807, 2.05) is 30.1 Å². The van der Waals surface area contributed by atoms with Gasteiger partial charge >= 0.3 is 6.03 Å². The van der Waals surface area contributed by atoms with E-state index in [2.05, 4.69) is 18.3 Å². The molecule has 1 spiro atoms. The van der Waals surface area contributed by atoms with Gasteiger partial charge in [-0.15, -0.1) is 0 Å². The van der Waals surface area contributed by atoms with Crippen molar-refractivity contribution >= 4 is 22.9 Å². The predicted molar refractivity (Wildman–Crippen MR) is 103 cm³/mol. The zero-order chi connectivity index (χ0) is 19.0. The van der Waals surface area contributed by atoms with Gasteiger partial charge in [0, 0.05) is 23.9 Å². The van der Waals surface area contributed by atoms with Crippen molar-refractivity contribution in [2.24, 2.45) is 0 Å². The molecule has 2 fully saturated rings. The molecule has 2 aliphatic rings. The standard InChI is InChI=1S/C21H27N3O3/c1-3-17-16(15-9-5-6-10-18(15)27-17)13-23(2)14-24-19(25)21(22-20(24)26)11-7-4-8-12-21/h5-6,9-10H,3-4,7-8,11-14H2,1-2H3,(H,22,26). The molecule has 1 aliphatic heterocycles. The van der Waals surface area contributed by atoms with Crippen LogP contribution in [0.1, 0.15) is 50.4 Å². The maximum absolute atomic E-state index is 13.0. The summed E-state index contributed by atoms with van der Waals surface area (Å²) in [4.78, 5) is 28.8. The van der Waals surface area contributed by atoms with Crippen LogP contribution in [-0.2, 0) is 17.8 Å². The van der Waals surface area contributed by atoms with Gasteiger partial charge in [0.25, 0.3) is 5.91 Å². The van der Waals surface area contributed by atoms with E-state index in [4.69, 9.17) is 4.42 Å². The Morgan fingerprint density at radius 1 is 1.19 bits per heavy atom. The fourth-order valence-electron chi connectivity index (χ4n) is 4.47. The molecule has 0 unspecified atom stereocenters. The van der Waals surface area contributed by atoms with Crippen LogP contribution < -0.4 is 5.32 Å². The molecule has 1 aromatic carbocycles. The van der Waals surface area contributed by atoms with Crippen molar-refractivity contribution in [3.63, 3.8) is 0 Å². The van der Waals surface area contributed by atoms with Gasteiger partial charge < -0.3 is 9.73 Å². The molecule has 0 bridgehead atoms. The van der Waals surface area contributed by atoms with Crippen LogP contribution >= 0.6 is 0 Å². The molecule has 1 aromatic heterocycles. The lowest BCUT2D eigenvalue weighted by atomic mass is 9.82. The number of hydrogen-bond donors (Lipinski definition) is 1. The van der Waals surface area contributed by atoms with Crippen LogP contribution in [0.3, 0.4) is 0 Å². The Kier molecular flexibility index (Phi) is 4.68. The summed E-state index contributed by atoms with van der Waals surface area (Å²) in [6.07, 6.45) is 5.45. The van der Waals surface area contributed by atoms with E-state index in [1.54, 1.807) is 0 Å². The molecule has 1 N–H and O–H groups in total. The first kappa shape index (κ1) is 18.0. The number of carbonyl (C=O) groups excluding carboxylic acids is 2. The molecule has 2 heterocycles. The van der Waals surface area contributed by atoms with E-state index >= 15 is 0 Å². The molecule has 1 saturated carbocycles. The van der Waals surface area contributed by atoms with Crippen LogP contribution in [0.25, 0.3) is 11.0 Å². The lowest BCUT2D eigenvalue weighted by Gasteiger charge is -2.31. The fraction of sp³-hybridized carbons (Fsp3) is 0.524. The molecule has 1 aliphatic carbocycles. The summed E-state index contributed by atoms with van der Waals surface area (Å²) in [6.45, 7) is 2.99. The van der Waals surface area contributed by atoms with Gasteiger partial charge in [-0.3, -0.25) is 9.69 Å². The molecular weight excluding hydrogens is 342 g/mol. The van der Waals surface area contributed by atoms with Crippen molar-refractivity contribution in [1.29, 1.82) is 0 Å². The molecule has 27 heavy (non-hydrogen) atoms. The molecule has 1 saturated heterocycles. The summed E-state index contributed by atoms with van der Waals surface area (Å²) in [5, 5.41) is 4.08.